The first-order valence-electron chi connectivity index (χ1n) is 4.78. The van der Waals surface area contributed by atoms with E-state index in [2.05, 4.69) is 15.0 Å². The third-order valence-corrected chi connectivity index (χ3v) is 2.10. The molecule has 2 heterocycles. The second-order valence-corrected chi connectivity index (χ2v) is 3.23. The second kappa shape index (κ2) is 4.15. The molecule has 0 bridgehead atoms. The maximum absolute atomic E-state index is 11.5. The Balaban J connectivity index is 2.47. The largest absolute Gasteiger partial charge is 0.369 e. The Morgan fingerprint density at radius 3 is 3.06 bits per heavy atom. The lowest BCUT2D eigenvalue weighted by Crippen LogP contribution is -2.12. The van der Waals surface area contributed by atoms with Gasteiger partial charge >= 0.3 is 0 Å². The quantitative estimate of drug-likeness (QED) is 0.586. The lowest BCUT2D eigenvalue weighted by Gasteiger charge is -1.98. The maximum Gasteiger partial charge on any atom is 0.280 e. The average Bonchev–Trinajstić information content (AvgIpc) is 2.62. The van der Waals surface area contributed by atoms with Crippen molar-refractivity contribution in [2.45, 2.75) is 6.54 Å². The van der Waals surface area contributed by atoms with Crippen LogP contribution in [0.25, 0.3) is 11.2 Å². The van der Waals surface area contributed by atoms with Crippen LogP contribution in [0, 0.1) is 0 Å². The smallest absolute Gasteiger partial charge is 0.280 e. The van der Waals surface area contributed by atoms with Gasteiger partial charge in [-0.25, -0.2) is 4.98 Å². The van der Waals surface area contributed by atoms with Gasteiger partial charge in [0.05, 0.1) is 6.33 Å². The summed E-state index contributed by atoms with van der Waals surface area (Å²) in [5.74, 6) is 0.0852. The van der Waals surface area contributed by atoms with Crippen molar-refractivity contribution in [3.8, 4) is 0 Å². The van der Waals surface area contributed by atoms with Crippen molar-refractivity contribution >= 4 is 17.1 Å². The number of H-pyrrole nitrogens is 1. The zero-order chi connectivity index (χ0) is 11.5. The molecule has 0 radical (unpaired) electrons. The number of fused-ring (bicyclic) bond motifs is 1. The standard InChI is InChI=1S/C9H12N6O/c10-3-1-2-4-15-5-12-6-7(15)13-9(11)14-8(6)16/h1-2,5H,3-4,10H2,(H3,11,13,14,16)/b2-1-. The van der Waals surface area contributed by atoms with E-state index < -0.39 is 0 Å². The molecule has 2 aromatic heterocycles. The molecule has 7 heteroatoms. The molecule has 0 atom stereocenters. The normalized spacial score (nSPS) is 11.6. The van der Waals surface area contributed by atoms with Gasteiger partial charge in [-0.1, -0.05) is 12.2 Å². The monoisotopic (exact) mass is 220 g/mol. The molecule has 0 aliphatic rings. The Bertz CT molecular complexity index is 581. The van der Waals surface area contributed by atoms with Gasteiger partial charge < -0.3 is 16.0 Å². The van der Waals surface area contributed by atoms with E-state index in [0.717, 1.165) is 0 Å². The molecule has 0 fully saturated rings. The van der Waals surface area contributed by atoms with Crippen LogP contribution in [-0.2, 0) is 6.54 Å². The molecule has 5 N–H and O–H groups in total. The summed E-state index contributed by atoms with van der Waals surface area (Å²) in [6.45, 7) is 1.03. The molecule has 84 valence electrons. The third kappa shape index (κ3) is 1.80. The van der Waals surface area contributed by atoms with E-state index in [9.17, 15) is 4.79 Å². The molecule has 0 aliphatic heterocycles. The first-order chi connectivity index (χ1) is 7.72. The number of aromatic nitrogens is 4. The first kappa shape index (κ1) is 10.4. The Kier molecular flexibility index (Phi) is 2.69. The van der Waals surface area contributed by atoms with Gasteiger partial charge in [-0.15, -0.1) is 0 Å². The fourth-order valence-corrected chi connectivity index (χ4v) is 1.39. The highest BCUT2D eigenvalue weighted by Gasteiger charge is 2.07. The molecule has 0 amide bonds. The molecule has 0 saturated heterocycles. The lowest BCUT2D eigenvalue weighted by molar-refractivity contribution is 0.834. The van der Waals surface area contributed by atoms with Gasteiger partial charge in [0.1, 0.15) is 0 Å². The second-order valence-electron chi connectivity index (χ2n) is 3.23. The Labute approximate surface area is 90.8 Å². The first-order valence-corrected chi connectivity index (χ1v) is 4.78. The molecular weight excluding hydrogens is 208 g/mol. The van der Waals surface area contributed by atoms with Crippen molar-refractivity contribution in [1.82, 2.24) is 19.5 Å². The zero-order valence-corrected chi connectivity index (χ0v) is 8.55. The Morgan fingerprint density at radius 2 is 2.31 bits per heavy atom. The number of allylic oxidation sites excluding steroid dienone is 1. The summed E-state index contributed by atoms with van der Waals surface area (Å²) < 4.78 is 1.73. The molecule has 0 aromatic carbocycles. The molecule has 0 saturated carbocycles. The Morgan fingerprint density at radius 1 is 1.50 bits per heavy atom. The van der Waals surface area contributed by atoms with Crippen molar-refractivity contribution < 1.29 is 0 Å². The van der Waals surface area contributed by atoms with Gasteiger partial charge in [-0.05, 0) is 0 Å². The SMILES string of the molecule is NC/C=C\Cn1cnc2c(=O)[nH]c(N)nc21. The number of nitrogen functional groups attached to an aromatic ring is 1. The number of nitrogens with zero attached hydrogens (tertiary/aromatic N) is 3. The number of aromatic amines is 1. The van der Waals surface area contributed by atoms with Gasteiger partial charge in [0, 0.05) is 13.1 Å². The molecule has 0 unspecified atom stereocenters. The number of nitrogens with two attached hydrogens (primary N) is 2. The van der Waals surface area contributed by atoms with Crippen molar-refractivity contribution in [3.63, 3.8) is 0 Å². The van der Waals surface area contributed by atoms with Crippen LogP contribution in [0.2, 0.25) is 0 Å². The van der Waals surface area contributed by atoms with E-state index in [1.165, 1.54) is 0 Å². The molecule has 16 heavy (non-hydrogen) atoms. The molecule has 7 nitrogen and oxygen atoms in total. The van der Waals surface area contributed by atoms with E-state index in [-0.39, 0.29) is 17.0 Å². The van der Waals surface area contributed by atoms with Gasteiger partial charge in [-0.3, -0.25) is 9.78 Å². The topological polar surface area (TPSA) is 116 Å². The van der Waals surface area contributed by atoms with Crippen LogP contribution < -0.4 is 17.0 Å². The third-order valence-electron chi connectivity index (χ3n) is 2.10. The number of hydrogen-bond donors (Lipinski definition) is 3. The summed E-state index contributed by atoms with van der Waals surface area (Å²) in [7, 11) is 0. The van der Waals surface area contributed by atoms with Crippen LogP contribution in [0.1, 0.15) is 0 Å². The fourth-order valence-electron chi connectivity index (χ4n) is 1.39. The predicted molar refractivity (Wildman–Crippen MR) is 60.8 cm³/mol. The minimum absolute atomic E-state index is 0.0852. The fraction of sp³-hybridized carbons (Fsp3) is 0.222. The number of nitrogens with one attached hydrogen (secondary N) is 1. The minimum Gasteiger partial charge on any atom is -0.369 e. The van der Waals surface area contributed by atoms with Crippen molar-refractivity contribution in [2.24, 2.45) is 5.73 Å². The van der Waals surface area contributed by atoms with Crippen LogP contribution >= 0.6 is 0 Å². The Hall–Kier alpha value is -2.15. The van der Waals surface area contributed by atoms with Crippen LogP contribution in [0.15, 0.2) is 23.3 Å². The van der Waals surface area contributed by atoms with Crippen molar-refractivity contribution in [3.05, 3.63) is 28.8 Å². The summed E-state index contributed by atoms with van der Waals surface area (Å²) in [5, 5.41) is 0. The summed E-state index contributed by atoms with van der Waals surface area (Å²) in [5.41, 5.74) is 11.2. The molecular formula is C9H12N6O. The number of rotatable bonds is 3. The zero-order valence-electron chi connectivity index (χ0n) is 8.55. The van der Waals surface area contributed by atoms with E-state index >= 15 is 0 Å². The highest BCUT2D eigenvalue weighted by atomic mass is 16.1. The lowest BCUT2D eigenvalue weighted by atomic mass is 10.4. The highest BCUT2D eigenvalue weighted by Crippen LogP contribution is 2.05. The predicted octanol–water partition coefficient (Wildman–Crippen LogP) is -0.783. The molecule has 0 spiro atoms. The van der Waals surface area contributed by atoms with E-state index in [4.69, 9.17) is 11.5 Å². The van der Waals surface area contributed by atoms with Gasteiger partial charge in [0.25, 0.3) is 5.56 Å². The van der Waals surface area contributed by atoms with E-state index in [0.29, 0.717) is 18.7 Å². The number of hydrogen-bond acceptors (Lipinski definition) is 5. The number of imidazole rings is 1. The highest BCUT2D eigenvalue weighted by molar-refractivity contribution is 5.70. The van der Waals surface area contributed by atoms with Crippen molar-refractivity contribution in [2.75, 3.05) is 12.3 Å². The summed E-state index contributed by atoms with van der Waals surface area (Å²) in [6, 6.07) is 0. The van der Waals surface area contributed by atoms with Crippen LogP contribution in [0.5, 0.6) is 0 Å². The van der Waals surface area contributed by atoms with Crippen LogP contribution in [0.4, 0.5) is 5.95 Å². The maximum atomic E-state index is 11.5. The number of anilines is 1. The van der Waals surface area contributed by atoms with E-state index in [1.54, 1.807) is 10.9 Å². The summed E-state index contributed by atoms with van der Waals surface area (Å²) in [4.78, 5) is 21.9. The summed E-state index contributed by atoms with van der Waals surface area (Å²) in [6.07, 6.45) is 5.25. The molecule has 2 aromatic rings. The van der Waals surface area contributed by atoms with Gasteiger partial charge in [-0.2, -0.15) is 4.98 Å². The average molecular weight is 220 g/mol. The summed E-state index contributed by atoms with van der Waals surface area (Å²) >= 11 is 0. The van der Waals surface area contributed by atoms with E-state index in [1.807, 2.05) is 12.2 Å². The van der Waals surface area contributed by atoms with Crippen LogP contribution in [-0.4, -0.2) is 26.1 Å². The van der Waals surface area contributed by atoms with Gasteiger partial charge in [0.2, 0.25) is 5.95 Å². The van der Waals surface area contributed by atoms with Gasteiger partial charge in [0.15, 0.2) is 11.2 Å². The molecule has 2 rings (SSSR count). The van der Waals surface area contributed by atoms with Crippen molar-refractivity contribution in [1.29, 1.82) is 0 Å². The van der Waals surface area contributed by atoms with Crippen LogP contribution in [0.3, 0.4) is 0 Å². The molecule has 0 aliphatic carbocycles. The minimum atomic E-state index is -0.330.